The second-order valence-corrected chi connectivity index (χ2v) is 11.1. The number of carboxylic acid groups (broad SMARTS) is 1. The highest BCUT2D eigenvalue weighted by Gasteiger charge is 2.36. The number of carbonyl (C=O) groups excluding carboxylic acids is 1. The lowest BCUT2D eigenvalue weighted by atomic mass is 9.88. The number of nitrogens with zero attached hydrogens (tertiary/aromatic N) is 3. The molecule has 0 spiro atoms. The van der Waals surface area contributed by atoms with Gasteiger partial charge in [0, 0.05) is 49.3 Å². The molecule has 212 valence electrons. The van der Waals surface area contributed by atoms with Gasteiger partial charge in [0.15, 0.2) is 0 Å². The van der Waals surface area contributed by atoms with Crippen molar-refractivity contribution in [1.82, 2.24) is 20.0 Å². The summed E-state index contributed by atoms with van der Waals surface area (Å²) in [6.45, 7) is 7.43. The summed E-state index contributed by atoms with van der Waals surface area (Å²) in [4.78, 5) is 31.4. The van der Waals surface area contributed by atoms with Crippen molar-refractivity contribution in [1.29, 1.82) is 0 Å². The molecule has 1 unspecified atom stereocenters. The zero-order chi connectivity index (χ0) is 27.8. The lowest BCUT2D eigenvalue weighted by Crippen LogP contribution is -2.58. The van der Waals surface area contributed by atoms with Crippen molar-refractivity contribution < 1.29 is 23.8 Å². The number of amides is 2. The van der Waals surface area contributed by atoms with Crippen LogP contribution >= 0.6 is 15.9 Å². The summed E-state index contributed by atoms with van der Waals surface area (Å²) in [6.07, 6.45) is 1.29. The van der Waals surface area contributed by atoms with Crippen LogP contribution in [0.4, 0.5) is 9.18 Å². The van der Waals surface area contributed by atoms with E-state index >= 15 is 0 Å². The second-order valence-electron chi connectivity index (χ2n) is 10.2. The van der Waals surface area contributed by atoms with Gasteiger partial charge < -0.3 is 25.0 Å². The van der Waals surface area contributed by atoms with Gasteiger partial charge in [0.1, 0.15) is 17.6 Å². The van der Waals surface area contributed by atoms with Gasteiger partial charge in [0.2, 0.25) is 5.91 Å². The second kappa shape index (κ2) is 14.1. The van der Waals surface area contributed by atoms with Crippen LogP contribution in [0, 0.1) is 11.7 Å². The van der Waals surface area contributed by atoms with Gasteiger partial charge in [0.25, 0.3) is 0 Å². The Morgan fingerprint density at radius 2 is 1.77 bits per heavy atom. The van der Waals surface area contributed by atoms with E-state index in [0.717, 1.165) is 43.4 Å². The number of ether oxygens (including phenoxy) is 1. The number of hydrogen-bond donors (Lipinski definition) is 2. The highest BCUT2D eigenvalue weighted by molar-refractivity contribution is 9.10. The third-order valence-corrected chi connectivity index (χ3v) is 8.52. The van der Waals surface area contributed by atoms with Gasteiger partial charge in [-0.3, -0.25) is 9.69 Å². The molecular weight excluding hydrogens is 567 g/mol. The van der Waals surface area contributed by atoms with Gasteiger partial charge in [-0.1, -0.05) is 40.2 Å². The minimum Gasteiger partial charge on any atom is -0.493 e. The number of rotatable bonds is 10. The molecule has 2 N–H and O–H groups in total. The monoisotopic (exact) mass is 604 g/mol. The third kappa shape index (κ3) is 7.93. The Hall–Kier alpha value is -2.69. The lowest BCUT2D eigenvalue weighted by molar-refractivity contribution is -0.137. The predicted octanol–water partition coefficient (Wildman–Crippen LogP) is 4.22. The first-order valence-corrected chi connectivity index (χ1v) is 14.5. The van der Waals surface area contributed by atoms with E-state index in [2.05, 4.69) is 37.1 Å². The maximum atomic E-state index is 14.5. The number of nitrogens with one attached hydrogen (secondary N) is 1. The van der Waals surface area contributed by atoms with Crippen LogP contribution in [0.15, 0.2) is 46.9 Å². The molecule has 2 fully saturated rings. The number of piperidine rings is 1. The van der Waals surface area contributed by atoms with Crippen LogP contribution in [0.1, 0.15) is 30.9 Å². The van der Waals surface area contributed by atoms with E-state index in [1.54, 1.807) is 17.0 Å². The van der Waals surface area contributed by atoms with Crippen molar-refractivity contribution in [2.24, 2.45) is 5.92 Å². The van der Waals surface area contributed by atoms with Gasteiger partial charge in [0.05, 0.1) is 6.61 Å². The molecule has 0 bridgehead atoms. The summed E-state index contributed by atoms with van der Waals surface area (Å²) >= 11 is 3.61. The molecule has 0 aromatic heterocycles. The maximum Gasteiger partial charge on any atom is 0.405 e. The number of halogens is 2. The van der Waals surface area contributed by atoms with E-state index in [-0.39, 0.29) is 17.6 Å². The van der Waals surface area contributed by atoms with Crippen LogP contribution < -0.4 is 10.1 Å². The number of benzene rings is 2. The summed E-state index contributed by atoms with van der Waals surface area (Å²) in [5.41, 5.74) is 1.79. The molecule has 10 heteroatoms. The van der Waals surface area contributed by atoms with Crippen LogP contribution in [0.3, 0.4) is 0 Å². The van der Waals surface area contributed by atoms with E-state index in [9.17, 15) is 19.1 Å². The number of carbonyl (C=O) groups is 2. The molecule has 4 rings (SSSR count). The summed E-state index contributed by atoms with van der Waals surface area (Å²) in [5, 5.41) is 12.0. The first-order chi connectivity index (χ1) is 18.9. The minimum absolute atomic E-state index is 0.0430. The predicted molar refractivity (Wildman–Crippen MR) is 151 cm³/mol. The molecule has 0 saturated carbocycles. The van der Waals surface area contributed by atoms with Crippen molar-refractivity contribution >= 4 is 27.9 Å². The van der Waals surface area contributed by atoms with Crippen molar-refractivity contribution in [3.8, 4) is 5.75 Å². The third-order valence-electron chi connectivity index (χ3n) is 7.75. The van der Waals surface area contributed by atoms with Crippen molar-refractivity contribution in [2.75, 3.05) is 52.4 Å². The molecular formula is C29H38BrFN4O4. The summed E-state index contributed by atoms with van der Waals surface area (Å²) in [6, 6.07) is 12.3. The fourth-order valence-corrected chi connectivity index (χ4v) is 6.02. The smallest absolute Gasteiger partial charge is 0.405 e. The largest absolute Gasteiger partial charge is 0.493 e. The zero-order valence-electron chi connectivity index (χ0n) is 22.5. The number of hydrogen-bond acceptors (Lipinski definition) is 5. The molecule has 8 nitrogen and oxygen atoms in total. The van der Waals surface area contributed by atoms with Gasteiger partial charge >= 0.3 is 6.09 Å². The summed E-state index contributed by atoms with van der Waals surface area (Å²) in [7, 11) is 0. The average Bonchev–Trinajstić information content (AvgIpc) is 2.93. The summed E-state index contributed by atoms with van der Waals surface area (Å²) in [5.74, 6) is 0.0421. The Morgan fingerprint density at radius 1 is 1.05 bits per heavy atom. The molecule has 2 saturated heterocycles. The molecule has 2 heterocycles. The lowest BCUT2D eigenvalue weighted by Gasteiger charge is -2.40. The van der Waals surface area contributed by atoms with Gasteiger partial charge in [-0.05, 0) is 69.0 Å². The molecule has 39 heavy (non-hydrogen) atoms. The van der Waals surface area contributed by atoms with Gasteiger partial charge in [-0.15, -0.1) is 0 Å². The summed E-state index contributed by atoms with van der Waals surface area (Å²) < 4.78 is 21.2. The molecule has 2 aliphatic heterocycles. The van der Waals surface area contributed by atoms with E-state index in [4.69, 9.17) is 4.74 Å². The van der Waals surface area contributed by atoms with Crippen LogP contribution in [0.25, 0.3) is 0 Å². The first kappa shape index (κ1) is 29.3. The molecule has 2 aromatic rings. The standard InChI is InChI=1S/C29H38BrFN4O4/c1-2-39-26-9-5-8-25(31)23(26)20-34-16-18-35(19-17-34)28(36)27(32-29(37)38)22-11-14-33(15-12-22)13-10-21-6-3-4-7-24(21)30/h3-9,22,27,32H,2,10-20H2,1H3,(H,37,38). The van der Waals surface area contributed by atoms with Crippen molar-refractivity contribution in [2.45, 2.75) is 38.8 Å². The normalized spacial score (nSPS) is 18.1. The van der Waals surface area contributed by atoms with E-state index < -0.39 is 12.1 Å². The SMILES string of the molecule is CCOc1cccc(F)c1CN1CCN(C(=O)C(NC(=O)O)C2CCN(CCc3ccccc3Br)CC2)CC1. The maximum absolute atomic E-state index is 14.5. The molecule has 1 atom stereocenters. The van der Waals surface area contributed by atoms with Crippen molar-refractivity contribution in [3.05, 3.63) is 63.9 Å². The first-order valence-electron chi connectivity index (χ1n) is 13.7. The molecule has 0 radical (unpaired) electrons. The van der Waals surface area contributed by atoms with Crippen LogP contribution in [0.5, 0.6) is 5.75 Å². The Kier molecular flexibility index (Phi) is 10.6. The minimum atomic E-state index is -1.17. The van der Waals surface area contributed by atoms with Crippen LogP contribution in [-0.4, -0.2) is 90.3 Å². The highest BCUT2D eigenvalue weighted by Crippen LogP contribution is 2.26. The quantitative estimate of drug-likeness (QED) is 0.422. The van der Waals surface area contributed by atoms with E-state index in [0.29, 0.717) is 50.6 Å². The fourth-order valence-electron chi connectivity index (χ4n) is 5.53. The number of likely N-dealkylation sites (tertiary alicyclic amines) is 1. The molecule has 0 aliphatic carbocycles. The van der Waals surface area contributed by atoms with Crippen molar-refractivity contribution in [3.63, 3.8) is 0 Å². The van der Waals surface area contributed by atoms with Gasteiger partial charge in [-0.2, -0.15) is 0 Å². The Labute approximate surface area is 238 Å². The van der Waals surface area contributed by atoms with Gasteiger partial charge in [-0.25, -0.2) is 9.18 Å². The fraction of sp³-hybridized carbons (Fsp3) is 0.517. The highest BCUT2D eigenvalue weighted by atomic mass is 79.9. The number of piperazine rings is 1. The van der Waals surface area contributed by atoms with E-state index in [1.807, 2.05) is 25.1 Å². The Balaban J connectivity index is 1.30. The zero-order valence-corrected chi connectivity index (χ0v) is 24.0. The average molecular weight is 606 g/mol. The van der Waals surface area contributed by atoms with Crippen LogP contribution in [0.2, 0.25) is 0 Å². The molecule has 2 aromatic carbocycles. The topological polar surface area (TPSA) is 85.3 Å². The van der Waals surface area contributed by atoms with E-state index in [1.165, 1.54) is 11.6 Å². The Bertz CT molecular complexity index is 1120. The van der Waals surface area contributed by atoms with Crippen LogP contribution in [-0.2, 0) is 17.8 Å². The molecule has 2 aliphatic rings. The molecule has 2 amide bonds. The Morgan fingerprint density at radius 3 is 2.44 bits per heavy atom.